The molecule has 0 saturated carbocycles. The van der Waals surface area contributed by atoms with Crippen LogP contribution in [0.5, 0.6) is 5.75 Å². The first-order valence-electron chi connectivity index (χ1n) is 6.88. The van der Waals surface area contributed by atoms with Crippen LogP contribution in [0.3, 0.4) is 0 Å². The van der Waals surface area contributed by atoms with E-state index in [0.717, 1.165) is 5.56 Å². The second-order valence-corrected chi connectivity index (χ2v) is 5.69. The van der Waals surface area contributed by atoms with Crippen molar-refractivity contribution >= 4 is 29.1 Å². The number of carbonyl (C=O) groups is 1. The van der Waals surface area contributed by atoms with Gasteiger partial charge in [-0.2, -0.15) is 5.26 Å². The molecular weight excluding hydrogens is 335 g/mol. The molecular formula is C17H14Cl2N2O2. The van der Waals surface area contributed by atoms with E-state index in [1.165, 1.54) is 0 Å². The van der Waals surface area contributed by atoms with Crippen molar-refractivity contribution in [3.05, 3.63) is 63.6 Å². The summed E-state index contributed by atoms with van der Waals surface area (Å²) in [4.78, 5) is 12.1. The first-order chi connectivity index (χ1) is 11.0. The molecule has 1 atom stereocenters. The molecule has 118 valence electrons. The van der Waals surface area contributed by atoms with Gasteiger partial charge in [0.05, 0.1) is 11.6 Å². The Morgan fingerprint density at radius 1 is 1.26 bits per heavy atom. The van der Waals surface area contributed by atoms with Gasteiger partial charge >= 0.3 is 0 Å². The molecule has 0 fully saturated rings. The maximum atomic E-state index is 12.1. The van der Waals surface area contributed by atoms with E-state index in [0.29, 0.717) is 21.4 Å². The number of nitrogens with zero attached hydrogens (tertiary/aromatic N) is 1. The van der Waals surface area contributed by atoms with Gasteiger partial charge in [0.15, 0.2) is 6.10 Å². The normalized spacial score (nSPS) is 11.4. The van der Waals surface area contributed by atoms with E-state index in [1.54, 1.807) is 49.4 Å². The van der Waals surface area contributed by atoms with Crippen LogP contribution in [0.4, 0.5) is 0 Å². The minimum Gasteiger partial charge on any atom is -0.481 e. The Bertz CT molecular complexity index is 739. The van der Waals surface area contributed by atoms with E-state index in [1.807, 2.05) is 6.07 Å². The lowest BCUT2D eigenvalue weighted by atomic mass is 10.2. The van der Waals surface area contributed by atoms with Crippen LogP contribution in [-0.4, -0.2) is 12.0 Å². The van der Waals surface area contributed by atoms with Crippen LogP contribution in [0.1, 0.15) is 18.1 Å². The molecule has 2 aromatic carbocycles. The fourth-order valence-electron chi connectivity index (χ4n) is 1.86. The molecule has 0 aliphatic carbocycles. The number of carbonyl (C=O) groups excluding carboxylic acids is 1. The summed E-state index contributed by atoms with van der Waals surface area (Å²) in [6.07, 6.45) is -0.672. The fraction of sp³-hybridized carbons (Fsp3) is 0.176. The monoisotopic (exact) mass is 348 g/mol. The quantitative estimate of drug-likeness (QED) is 0.889. The number of amides is 1. The molecule has 4 nitrogen and oxygen atoms in total. The van der Waals surface area contributed by atoms with Crippen LogP contribution >= 0.6 is 23.2 Å². The van der Waals surface area contributed by atoms with Crippen molar-refractivity contribution in [2.45, 2.75) is 19.6 Å². The molecule has 0 unspecified atom stereocenters. The van der Waals surface area contributed by atoms with Crippen molar-refractivity contribution in [1.29, 1.82) is 5.26 Å². The molecule has 0 aliphatic rings. The Morgan fingerprint density at radius 2 is 1.96 bits per heavy atom. The van der Waals surface area contributed by atoms with Crippen LogP contribution in [0.15, 0.2) is 42.5 Å². The topological polar surface area (TPSA) is 62.1 Å². The average Bonchev–Trinajstić information content (AvgIpc) is 2.54. The summed E-state index contributed by atoms with van der Waals surface area (Å²) >= 11 is 11.9. The zero-order valence-electron chi connectivity index (χ0n) is 12.3. The number of benzene rings is 2. The Balaban J connectivity index is 1.90. The standard InChI is InChI=1S/C17H14Cl2N2O2/c1-11(23-15-6-2-12(9-20)3-7-15)17(22)21-10-13-4-5-14(18)8-16(13)19/h2-8,11H,10H2,1H3,(H,21,22)/t11-/m0/s1. The van der Waals surface area contributed by atoms with E-state index in [2.05, 4.69) is 5.32 Å². The Labute approximate surface area is 144 Å². The molecule has 0 aliphatic heterocycles. The minimum atomic E-state index is -0.672. The zero-order chi connectivity index (χ0) is 16.8. The van der Waals surface area contributed by atoms with E-state index in [-0.39, 0.29) is 12.5 Å². The summed E-state index contributed by atoms with van der Waals surface area (Å²) in [6, 6.07) is 13.7. The molecule has 2 aromatic rings. The van der Waals surface area contributed by atoms with Crippen molar-refractivity contribution in [3.8, 4) is 11.8 Å². The molecule has 23 heavy (non-hydrogen) atoms. The highest BCUT2D eigenvalue weighted by Gasteiger charge is 2.15. The smallest absolute Gasteiger partial charge is 0.261 e. The second-order valence-electron chi connectivity index (χ2n) is 4.85. The van der Waals surface area contributed by atoms with Gasteiger partial charge in [-0.15, -0.1) is 0 Å². The van der Waals surface area contributed by atoms with E-state index in [9.17, 15) is 4.79 Å². The number of halogens is 2. The summed E-state index contributed by atoms with van der Waals surface area (Å²) in [6.45, 7) is 1.94. The van der Waals surface area contributed by atoms with Gasteiger partial charge in [-0.25, -0.2) is 0 Å². The lowest BCUT2D eigenvalue weighted by Crippen LogP contribution is -2.35. The van der Waals surface area contributed by atoms with Crippen molar-refractivity contribution in [2.24, 2.45) is 0 Å². The van der Waals surface area contributed by atoms with E-state index in [4.69, 9.17) is 33.2 Å². The summed E-state index contributed by atoms with van der Waals surface area (Å²) in [7, 11) is 0. The molecule has 0 heterocycles. The lowest BCUT2D eigenvalue weighted by Gasteiger charge is -2.15. The van der Waals surface area contributed by atoms with E-state index >= 15 is 0 Å². The third-order valence-corrected chi connectivity index (χ3v) is 3.72. The number of ether oxygens (including phenoxy) is 1. The van der Waals surface area contributed by atoms with E-state index < -0.39 is 6.10 Å². The van der Waals surface area contributed by atoms with Gasteiger partial charge in [-0.05, 0) is 48.9 Å². The lowest BCUT2D eigenvalue weighted by molar-refractivity contribution is -0.127. The molecule has 0 spiro atoms. The second kappa shape index (κ2) is 7.87. The van der Waals surface area contributed by atoms with Crippen LogP contribution in [0.2, 0.25) is 10.0 Å². The Morgan fingerprint density at radius 3 is 2.57 bits per heavy atom. The summed E-state index contributed by atoms with van der Waals surface area (Å²) in [5.41, 5.74) is 1.31. The van der Waals surface area contributed by atoms with Gasteiger partial charge in [0.25, 0.3) is 5.91 Å². The van der Waals surface area contributed by atoms with Crippen LogP contribution in [0.25, 0.3) is 0 Å². The number of hydrogen-bond donors (Lipinski definition) is 1. The molecule has 1 N–H and O–H groups in total. The van der Waals surface area contributed by atoms with Gasteiger partial charge in [0.2, 0.25) is 0 Å². The molecule has 2 rings (SSSR count). The predicted octanol–water partition coefficient (Wildman–Crippen LogP) is 3.95. The number of nitrogens with one attached hydrogen (secondary N) is 1. The van der Waals surface area contributed by atoms with Crippen LogP contribution in [0, 0.1) is 11.3 Å². The average molecular weight is 349 g/mol. The summed E-state index contributed by atoms with van der Waals surface area (Å²) in [5, 5.41) is 12.5. The molecule has 0 aromatic heterocycles. The number of hydrogen-bond acceptors (Lipinski definition) is 3. The van der Waals surface area contributed by atoms with Gasteiger partial charge in [-0.3, -0.25) is 4.79 Å². The molecule has 6 heteroatoms. The van der Waals surface area contributed by atoms with Crippen molar-refractivity contribution in [3.63, 3.8) is 0 Å². The first kappa shape index (κ1) is 17.1. The van der Waals surface area contributed by atoms with Gasteiger partial charge < -0.3 is 10.1 Å². The molecule has 1 amide bonds. The Kier molecular flexibility index (Phi) is 5.86. The third-order valence-electron chi connectivity index (χ3n) is 3.13. The van der Waals surface area contributed by atoms with Gasteiger partial charge in [-0.1, -0.05) is 29.3 Å². The third kappa shape index (κ3) is 4.88. The van der Waals surface area contributed by atoms with Gasteiger partial charge in [0.1, 0.15) is 5.75 Å². The predicted molar refractivity (Wildman–Crippen MR) is 89.6 cm³/mol. The highest BCUT2D eigenvalue weighted by Crippen LogP contribution is 2.20. The van der Waals surface area contributed by atoms with Crippen molar-refractivity contribution in [2.75, 3.05) is 0 Å². The van der Waals surface area contributed by atoms with Crippen molar-refractivity contribution < 1.29 is 9.53 Å². The Hall–Kier alpha value is -2.22. The maximum Gasteiger partial charge on any atom is 0.261 e. The number of rotatable bonds is 5. The SMILES string of the molecule is C[C@H](Oc1ccc(C#N)cc1)C(=O)NCc1ccc(Cl)cc1Cl. The van der Waals surface area contributed by atoms with Crippen LogP contribution in [-0.2, 0) is 11.3 Å². The molecule has 0 bridgehead atoms. The number of nitriles is 1. The van der Waals surface area contributed by atoms with Crippen LogP contribution < -0.4 is 10.1 Å². The summed E-state index contributed by atoms with van der Waals surface area (Å²) in [5.74, 6) is 0.261. The largest absolute Gasteiger partial charge is 0.481 e. The fourth-order valence-corrected chi connectivity index (χ4v) is 2.33. The van der Waals surface area contributed by atoms with Gasteiger partial charge in [0, 0.05) is 16.6 Å². The highest BCUT2D eigenvalue weighted by atomic mass is 35.5. The summed E-state index contributed by atoms with van der Waals surface area (Å²) < 4.78 is 5.54. The molecule has 0 radical (unpaired) electrons. The highest BCUT2D eigenvalue weighted by molar-refractivity contribution is 6.35. The molecule has 0 saturated heterocycles. The maximum absolute atomic E-state index is 12.1. The first-order valence-corrected chi connectivity index (χ1v) is 7.63. The van der Waals surface area contributed by atoms with Crippen molar-refractivity contribution in [1.82, 2.24) is 5.32 Å². The zero-order valence-corrected chi connectivity index (χ0v) is 13.9. The minimum absolute atomic E-state index is 0.264.